The van der Waals surface area contributed by atoms with Crippen molar-refractivity contribution >= 4 is 20.3 Å². The Labute approximate surface area is 198 Å². The quantitative estimate of drug-likeness (QED) is 0.243. The maximum absolute atomic E-state index is 13.8. The van der Waals surface area contributed by atoms with E-state index in [4.69, 9.17) is 18.6 Å². The third-order valence-corrected chi connectivity index (χ3v) is 6.35. The van der Waals surface area contributed by atoms with Crippen LogP contribution in [0.2, 0.25) is 19.6 Å². The molecule has 2 amide bonds. The molecule has 1 fully saturated rings. The molecule has 2 aromatic rings. The second-order valence-electron chi connectivity index (χ2n) is 8.92. The molecule has 0 aromatic heterocycles. The van der Waals surface area contributed by atoms with Gasteiger partial charge >= 0.3 is 6.09 Å². The lowest BCUT2D eigenvalue weighted by Crippen LogP contribution is -2.45. The Morgan fingerprint density at radius 2 is 1.82 bits per heavy atom. The molecule has 178 valence electrons. The average molecular weight is 483 g/mol. The number of carbonyl (C=O) groups is 2. The van der Waals surface area contributed by atoms with Crippen molar-refractivity contribution < 1.29 is 28.2 Å². The van der Waals surface area contributed by atoms with Gasteiger partial charge < -0.3 is 18.6 Å². The third kappa shape index (κ3) is 5.01. The van der Waals surface area contributed by atoms with Crippen molar-refractivity contribution in [2.45, 2.75) is 37.8 Å². The van der Waals surface area contributed by atoms with Gasteiger partial charge in [-0.15, -0.1) is 0 Å². The Bertz CT molecular complexity index is 1120. The number of carbonyl (C=O) groups excluding carboxylic acids is 2. The summed E-state index contributed by atoms with van der Waals surface area (Å²) in [5.74, 6) is 0.413. The molecule has 3 atom stereocenters. The lowest BCUT2D eigenvalue weighted by atomic mass is 9.99. The highest BCUT2D eigenvalue weighted by Gasteiger charge is 2.45. The number of cyclic esters (lactones) is 1. The molecule has 2 aliphatic rings. The highest BCUT2D eigenvalue weighted by molar-refractivity contribution is 6.69. The topological polar surface area (TPSA) is 123 Å². The highest BCUT2D eigenvalue weighted by Crippen LogP contribution is 2.38. The van der Waals surface area contributed by atoms with E-state index in [9.17, 15) is 15.1 Å². The number of ether oxygens (including phenoxy) is 3. The van der Waals surface area contributed by atoms with Crippen LogP contribution in [-0.4, -0.2) is 51.1 Å². The minimum absolute atomic E-state index is 0.0150. The van der Waals surface area contributed by atoms with Gasteiger partial charge in [-0.2, -0.15) is 0 Å². The molecular weight excluding hydrogens is 456 g/mol. The van der Waals surface area contributed by atoms with Crippen LogP contribution in [0.15, 0.2) is 53.6 Å². The monoisotopic (exact) mass is 482 g/mol. The fourth-order valence-corrected chi connectivity index (χ4v) is 4.98. The lowest BCUT2D eigenvalue weighted by Gasteiger charge is -2.33. The number of imide groups is 1. The average Bonchev–Trinajstić information content (AvgIpc) is 3.22. The standard InChI is InChI=1S/C23H26N4O6Si/c1-34(2,3)33-21(16-9-10-18-19(13-16)31-12-11-30-18)20(25-26-24)22(28)27-17(14-32-23(27)29)15-7-5-4-6-8-15/h4-10,13,17,20-21H,11-12,14H2,1-3H3/t17-,20?,21?/m1/s1. The van der Waals surface area contributed by atoms with Crippen molar-refractivity contribution in [2.24, 2.45) is 5.11 Å². The first kappa shape index (κ1) is 23.6. The van der Waals surface area contributed by atoms with Gasteiger partial charge in [-0.25, -0.2) is 9.69 Å². The number of hydrogen-bond donors (Lipinski definition) is 0. The van der Waals surface area contributed by atoms with Crippen LogP contribution in [0.3, 0.4) is 0 Å². The molecule has 0 aliphatic carbocycles. The summed E-state index contributed by atoms with van der Waals surface area (Å²) >= 11 is 0. The largest absolute Gasteiger partial charge is 0.486 e. The molecule has 34 heavy (non-hydrogen) atoms. The Hall–Kier alpha value is -3.53. The summed E-state index contributed by atoms with van der Waals surface area (Å²) in [7, 11) is -2.26. The van der Waals surface area contributed by atoms with E-state index in [1.54, 1.807) is 18.2 Å². The number of benzene rings is 2. The number of azide groups is 1. The van der Waals surface area contributed by atoms with Crippen molar-refractivity contribution in [3.05, 3.63) is 70.1 Å². The lowest BCUT2D eigenvalue weighted by molar-refractivity contribution is -0.133. The molecule has 2 heterocycles. The first-order chi connectivity index (χ1) is 16.3. The number of hydrogen-bond acceptors (Lipinski definition) is 7. The Morgan fingerprint density at radius 1 is 1.12 bits per heavy atom. The van der Waals surface area contributed by atoms with Crippen LogP contribution < -0.4 is 9.47 Å². The summed E-state index contributed by atoms with van der Waals surface area (Å²) in [6.07, 6.45) is -1.72. The molecule has 2 unspecified atom stereocenters. The molecule has 1 saturated heterocycles. The zero-order valence-corrected chi connectivity index (χ0v) is 20.2. The van der Waals surface area contributed by atoms with Gasteiger partial charge in [0, 0.05) is 4.91 Å². The maximum Gasteiger partial charge on any atom is 0.417 e. The molecule has 4 rings (SSSR count). The van der Waals surface area contributed by atoms with Crippen molar-refractivity contribution in [1.82, 2.24) is 4.90 Å². The smallest absolute Gasteiger partial charge is 0.417 e. The number of nitrogens with zero attached hydrogens (tertiary/aromatic N) is 4. The molecule has 11 heteroatoms. The van der Waals surface area contributed by atoms with Crippen molar-refractivity contribution in [2.75, 3.05) is 19.8 Å². The van der Waals surface area contributed by atoms with E-state index in [-0.39, 0.29) is 6.61 Å². The van der Waals surface area contributed by atoms with Crippen LogP contribution in [0, 0.1) is 0 Å². The summed E-state index contributed by atoms with van der Waals surface area (Å²) in [4.78, 5) is 30.3. The molecular formula is C23H26N4O6Si. The zero-order valence-electron chi connectivity index (χ0n) is 19.2. The minimum atomic E-state index is -2.26. The second kappa shape index (κ2) is 9.76. The van der Waals surface area contributed by atoms with Crippen molar-refractivity contribution in [3.8, 4) is 11.5 Å². The highest BCUT2D eigenvalue weighted by atomic mass is 28.4. The van der Waals surface area contributed by atoms with Gasteiger partial charge in [0.15, 0.2) is 19.8 Å². The summed E-state index contributed by atoms with van der Waals surface area (Å²) in [5, 5.41) is 3.81. The van der Waals surface area contributed by atoms with Crippen LogP contribution in [0.4, 0.5) is 4.79 Å². The van der Waals surface area contributed by atoms with E-state index in [2.05, 4.69) is 10.0 Å². The zero-order chi connectivity index (χ0) is 24.3. The van der Waals surface area contributed by atoms with E-state index >= 15 is 0 Å². The summed E-state index contributed by atoms with van der Waals surface area (Å²) in [5.41, 5.74) is 10.7. The number of amides is 2. The summed E-state index contributed by atoms with van der Waals surface area (Å²) < 4.78 is 22.9. The molecule has 2 aliphatic heterocycles. The Morgan fingerprint density at radius 3 is 2.50 bits per heavy atom. The van der Waals surface area contributed by atoms with Crippen LogP contribution in [0.25, 0.3) is 10.4 Å². The molecule has 0 saturated carbocycles. The maximum atomic E-state index is 13.8. The van der Waals surface area contributed by atoms with E-state index < -0.39 is 38.5 Å². The van der Waals surface area contributed by atoms with E-state index in [1.807, 2.05) is 50.0 Å². The van der Waals surface area contributed by atoms with Crippen molar-refractivity contribution in [1.29, 1.82) is 0 Å². The van der Waals surface area contributed by atoms with Gasteiger partial charge in [0.05, 0.1) is 6.10 Å². The van der Waals surface area contributed by atoms with Gasteiger partial charge in [-0.1, -0.05) is 41.5 Å². The van der Waals surface area contributed by atoms with Crippen LogP contribution in [0.1, 0.15) is 23.3 Å². The predicted octanol–water partition coefficient (Wildman–Crippen LogP) is 4.75. The number of rotatable bonds is 7. The van der Waals surface area contributed by atoms with Crippen molar-refractivity contribution in [3.63, 3.8) is 0 Å². The van der Waals surface area contributed by atoms with Gasteiger partial charge in [0.25, 0.3) is 0 Å². The van der Waals surface area contributed by atoms with E-state index in [0.29, 0.717) is 30.3 Å². The molecule has 0 spiro atoms. The van der Waals surface area contributed by atoms with Gasteiger partial charge in [0.2, 0.25) is 5.91 Å². The van der Waals surface area contributed by atoms with Gasteiger partial charge in [-0.3, -0.25) is 4.79 Å². The first-order valence-corrected chi connectivity index (χ1v) is 14.4. The van der Waals surface area contributed by atoms with Gasteiger partial charge in [0.1, 0.15) is 31.9 Å². The van der Waals surface area contributed by atoms with E-state index in [1.165, 1.54) is 0 Å². The van der Waals surface area contributed by atoms with Gasteiger partial charge in [-0.05, 0) is 48.4 Å². The van der Waals surface area contributed by atoms with Crippen LogP contribution in [0.5, 0.6) is 11.5 Å². The fraction of sp³-hybridized carbons (Fsp3) is 0.391. The Balaban J connectivity index is 1.74. The molecule has 0 N–H and O–H groups in total. The summed E-state index contributed by atoms with van der Waals surface area (Å²) in [6.45, 7) is 6.75. The number of fused-ring (bicyclic) bond motifs is 1. The minimum Gasteiger partial charge on any atom is -0.486 e. The third-order valence-electron chi connectivity index (χ3n) is 5.39. The van der Waals surface area contributed by atoms with E-state index in [0.717, 1.165) is 10.5 Å². The van der Waals surface area contributed by atoms with Crippen LogP contribution in [-0.2, 0) is 14.0 Å². The molecule has 10 nitrogen and oxygen atoms in total. The predicted molar refractivity (Wildman–Crippen MR) is 125 cm³/mol. The molecule has 2 aromatic carbocycles. The van der Waals surface area contributed by atoms with Crippen LogP contribution >= 0.6 is 0 Å². The fourth-order valence-electron chi connectivity index (χ4n) is 3.96. The molecule has 0 radical (unpaired) electrons. The Kier molecular flexibility index (Phi) is 6.78. The normalized spacial score (nSPS) is 19.1. The molecule has 0 bridgehead atoms. The second-order valence-corrected chi connectivity index (χ2v) is 13.4. The first-order valence-electron chi connectivity index (χ1n) is 10.9. The SMILES string of the molecule is C[Si](C)(C)OC(c1ccc2c(c1)OCCO2)C(N=[N+]=[N-])C(=O)N1C(=O)OC[C@@H]1c1ccccc1. The summed E-state index contributed by atoms with van der Waals surface area (Å²) in [6, 6.07) is 12.3.